The Labute approximate surface area is 242 Å². The second kappa shape index (κ2) is 12.3. The lowest BCUT2D eigenvalue weighted by molar-refractivity contribution is -0.123. The van der Waals surface area contributed by atoms with E-state index in [1.54, 1.807) is 54.6 Å². The van der Waals surface area contributed by atoms with Crippen LogP contribution in [0.4, 0.5) is 10.5 Å². The van der Waals surface area contributed by atoms with Crippen LogP contribution in [-0.2, 0) is 16.1 Å². The molecule has 0 aromatic heterocycles. The number of carbonyl (C=O) groups excluding carboxylic acids is 3. The van der Waals surface area contributed by atoms with Crippen LogP contribution in [0, 0.1) is 6.92 Å². The third-order valence-corrected chi connectivity index (χ3v) is 7.64. The highest BCUT2D eigenvalue weighted by Crippen LogP contribution is 2.39. The predicted octanol–water partition coefficient (Wildman–Crippen LogP) is 7.33. The van der Waals surface area contributed by atoms with Gasteiger partial charge in [0.1, 0.15) is 0 Å². The van der Waals surface area contributed by atoms with Crippen molar-refractivity contribution in [3.05, 3.63) is 90.7 Å². The second-order valence-electron chi connectivity index (χ2n) is 8.23. The number of methoxy groups -OCH3 is 1. The highest BCUT2D eigenvalue weighted by atomic mass is 79.9. The number of anilines is 1. The van der Waals surface area contributed by atoms with Crippen molar-refractivity contribution < 1.29 is 23.9 Å². The number of aryl methyl sites for hydroxylation is 1. The third kappa shape index (κ3) is 6.71. The van der Waals surface area contributed by atoms with Gasteiger partial charge in [0.2, 0.25) is 0 Å². The number of imide groups is 1. The van der Waals surface area contributed by atoms with Crippen LogP contribution in [0.3, 0.4) is 0 Å². The number of amides is 3. The maximum absolute atomic E-state index is 12.9. The van der Waals surface area contributed by atoms with Gasteiger partial charge in [-0.3, -0.25) is 19.3 Å². The summed E-state index contributed by atoms with van der Waals surface area (Å²) >= 11 is 16.3. The summed E-state index contributed by atoms with van der Waals surface area (Å²) in [6.07, 6.45) is 1.61. The maximum Gasteiger partial charge on any atom is 0.293 e. The first kappa shape index (κ1) is 28.0. The van der Waals surface area contributed by atoms with E-state index in [0.29, 0.717) is 37.3 Å². The molecule has 38 heavy (non-hydrogen) atoms. The number of carbonyl (C=O) groups is 3. The minimum Gasteiger partial charge on any atom is -0.493 e. The zero-order valence-electron chi connectivity index (χ0n) is 20.2. The standard InChI is InChI=1S/C27H21BrCl2N2O5S/c1-15-3-8-19(12-21(15)30)31-24(33)14-37-25-20(28)9-17(10-22(25)36-2)11-23-26(34)32(27(35)38-23)13-16-4-6-18(29)7-5-16/h3-12H,13-14H2,1-2H3,(H,31,33)/b23-11-. The molecule has 3 amide bonds. The number of ether oxygens (including phenoxy) is 2. The minimum absolute atomic E-state index is 0.149. The Morgan fingerprint density at radius 2 is 1.84 bits per heavy atom. The van der Waals surface area contributed by atoms with Crippen molar-refractivity contribution in [3.8, 4) is 11.5 Å². The average Bonchev–Trinajstić information content (AvgIpc) is 3.13. The number of hydrogen-bond acceptors (Lipinski definition) is 6. The molecule has 0 spiro atoms. The van der Waals surface area contributed by atoms with Gasteiger partial charge < -0.3 is 14.8 Å². The van der Waals surface area contributed by atoms with Gasteiger partial charge in [-0.1, -0.05) is 41.4 Å². The molecule has 196 valence electrons. The quantitative estimate of drug-likeness (QED) is 0.261. The van der Waals surface area contributed by atoms with E-state index >= 15 is 0 Å². The van der Waals surface area contributed by atoms with Crippen molar-refractivity contribution in [2.45, 2.75) is 13.5 Å². The van der Waals surface area contributed by atoms with Crippen LogP contribution in [0.2, 0.25) is 10.0 Å². The summed E-state index contributed by atoms with van der Waals surface area (Å²) in [6.45, 7) is 1.75. The van der Waals surface area contributed by atoms with Crippen LogP contribution < -0.4 is 14.8 Å². The average molecular weight is 636 g/mol. The fourth-order valence-corrected chi connectivity index (χ4v) is 5.25. The number of benzene rings is 3. The van der Waals surface area contributed by atoms with Gasteiger partial charge in [0.15, 0.2) is 18.1 Å². The lowest BCUT2D eigenvalue weighted by Crippen LogP contribution is -2.27. The van der Waals surface area contributed by atoms with Gasteiger partial charge in [-0.2, -0.15) is 0 Å². The summed E-state index contributed by atoms with van der Waals surface area (Å²) in [5.74, 6) is -0.106. The van der Waals surface area contributed by atoms with E-state index in [1.165, 1.54) is 12.0 Å². The summed E-state index contributed by atoms with van der Waals surface area (Å²) in [6, 6.07) is 15.6. The number of hydrogen-bond donors (Lipinski definition) is 1. The highest BCUT2D eigenvalue weighted by Gasteiger charge is 2.35. The van der Waals surface area contributed by atoms with Gasteiger partial charge in [-0.05, 0) is 93.8 Å². The number of thioether (sulfide) groups is 1. The van der Waals surface area contributed by atoms with Gasteiger partial charge in [0.05, 0.1) is 23.0 Å². The zero-order chi connectivity index (χ0) is 27.4. The van der Waals surface area contributed by atoms with E-state index in [-0.39, 0.29) is 29.2 Å². The van der Waals surface area contributed by atoms with Gasteiger partial charge in [0.25, 0.3) is 17.1 Å². The SMILES string of the molecule is COc1cc(/C=C2\SC(=O)N(Cc3ccc(Cl)cc3)C2=O)cc(Br)c1OCC(=O)Nc1ccc(C)c(Cl)c1. The molecule has 0 atom stereocenters. The first-order valence-electron chi connectivity index (χ1n) is 11.2. The van der Waals surface area contributed by atoms with Crippen LogP contribution in [0.15, 0.2) is 64.0 Å². The first-order valence-corrected chi connectivity index (χ1v) is 13.6. The lowest BCUT2D eigenvalue weighted by Gasteiger charge is -2.14. The summed E-state index contributed by atoms with van der Waals surface area (Å²) in [7, 11) is 1.47. The second-order valence-corrected chi connectivity index (χ2v) is 10.9. The molecule has 0 aliphatic carbocycles. The number of nitrogens with one attached hydrogen (secondary N) is 1. The topological polar surface area (TPSA) is 84.9 Å². The van der Waals surface area contributed by atoms with E-state index in [0.717, 1.165) is 22.9 Å². The van der Waals surface area contributed by atoms with Crippen LogP contribution in [0.1, 0.15) is 16.7 Å². The van der Waals surface area contributed by atoms with E-state index in [4.69, 9.17) is 32.7 Å². The molecule has 0 bridgehead atoms. The Hall–Kier alpha value is -2.98. The van der Waals surface area contributed by atoms with Gasteiger partial charge in [-0.25, -0.2) is 0 Å². The fraction of sp³-hybridized carbons (Fsp3) is 0.148. The molecule has 7 nitrogen and oxygen atoms in total. The molecule has 4 rings (SSSR count). The van der Waals surface area contributed by atoms with Crippen LogP contribution in [0.25, 0.3) is 6.08 Å². The molecule has 0 unspecified atom stereocenters. The van der Waals surface area contributed by atoms with Crippen molar-refractivity contribution in [3.63, 3.8) is 0 Å². The molecular weight excluding hydrogens is 615 g/mol. The maximum atomic E-state index is 12.9. The van der Waals surface area contributed by atoms with Crippen LogP contribution in [-0.4, -0.2) is 35.7 Å². The van der Waals surface area contributed by atoms with E-state index in [9.17, 15) is 14.4 Å². The van der Waals surface area contributed by atoms with Gasteiger partial charge in [-0.15, -0.1) is 0 Å². The van der Waals surface area contributed by atoms with E-state index in [2.05, 4.69) is 21.2 Å². The van der Waals surface area contributed by atoms with Crippen LogP contribution >= 0.6 is 50.9 Å². The van der Waals surface area contributed by atoms with Crippen molar-refractivity contribution >= 4 is 79.7 Å². The minimum atomic E-state index is -0.391. The Morgan fingerprint density at radius 1 is 1.11 bits per heavy atom. The van der Waals surface area contributed by atoms with Gasteiger partial charge >= 0.3 is 0 Å². The Kier molecular flexibility index (Phi) is 9.04. The van der Waals surface area contributed by atoms with Crippen molar-refractivity contribution in [2.75, 3.05) is 19.0 Å². The molecule has 1 aliphatic heterocycles. The molecule has 1 fully saturated rings. The van der Waals surface area contributed by atoms with Crippen LogP contribution in [0.5, 0.6) is 11.5 Å². The molecule has 0 radical (unpaired) electrons. The molecule has 11 heteroatoms. The summed E-state index contributed by atoms with van der Waals surface area (Å²) in [4.78, 5) is 39.3. The predicted molar refractivity (Wildman–Crippen MR) is 154 cm³/mol. The molecule has 3 aromatic rings. The van der Waals surface area contributed by atoms with Crippen molar-refractivity contribution in [2.24, 2.45) is 0 Å². The molecule has 1 N–H and O–H groups in total. The van der Waals surface area contributed by atoms with E-state index < -0.39 is 5.91 Å². The Bertz CT molecular complexity index is 1450. The summed E-state index contributed by atoms with van der Waals surface area (Å²) in [5.41, 5.74) is 2.86. The van der Waals surface area contributed by atoms with Crippen molar-refractivity contribution in [1.29, 1.82) is 0 Å². The Morgan fingerprint density at radius 3 is 2.53 bits per heavy atom. The lowest BCUT2D eigenvalue weighted by atomic mass is 10.1. The highest BCUT2D eigenvalue weighted by molar-refractivity contribution is 9.10. The van der Waals surface area contributed by atoms with Gasteiger partial charge in [0, 0.05) is 15.7 Å². The summed E-state index contributed by atoms with van der Waals surface area (Å²) in [5, 5.41) is 3.50. The molecule has 3 aromatic carbocycles. The van der Waals surface area contributed by atoms with E-state index in [1.807, 2.05) is 13.0 Å². The number of nitrogens with zero attached hydrogens (tertiary/aromatic N) is 1. The number of rotatable bonds is 8. The molecular formula is C27H21BrCl2N2O5S. The molecule has 1 saturated heterocycles. The normalized spacial score (nSPS) is 14.2. The first-order chi connectivity index (χ1) is 18.1. The monoisotopic (exact) mass is 634 g/mol. The largest absolute Gasteiger partial charge is 0.493 e. The molecule has 1 aliphatic rings. The fourth-order valence-electron chi connectivity index (χ4n) is 3.53. The molecule has 0 saturated carbocycles. The molecule has 1 heterocycles. The number of halogens is 3. The zero-order valence-corrected chi connectivity index (χ0v) is 24.1. The Balaban J connectivity index is 1.45. The summed E-state index contributed by atoms with van der Waals surface area (Å²) < 4.78 is 11.7. The smallest absolute Gasteiger partial charge is 0.293 e. The third-order valence-electron chi connectivity index (χ3n) is 5.48. The van der Waals surface area contributed by atoms with Crippen molar-refractivity contribution in [1.82, 2.24) is 4.90 Å².